The third-order valence-electron chi connectivity index (χ3n) is 4.31. The number of hydrogen-bond donors (Lipinski definition) is 0. The quantitative estimate of drug-likeness (QED) is 0.288. The average Bonchev–Trinajstić information content (AvgIpc) is 2.61. The Morgan fingerprint density at radius 1 is 0.577 bits per heavy atom. The molecule has 0 spiro atoms. The van der Waals surface area contributed by atoms with Gasteiger partial charge in [-0.3, -0.25) is 9.59 Å². The van der Waals surface area contributed by atoms with Gasteiger partial charge in [-0.05, 0) is 25.7 Å². The molecule has 0 aromatic heterocycles. The van der Waals surface area contributed by atoms with Gasteiger partial charge in [-0.1, -0.05) is 66.2 Å². The smallest absolute Gasteiger partial charge is 0.384 e. The fourth-order valence-electron chi connectivity index (χ4n) is 2.79. The Kier molecular flexibility index (Phi) is 13.5. The van der Waals surface area contributed by atoms with Gasteiger partial charge in [0, 0.05) is 0 Å². The molecule has 0 aromatic rings. The minimum absolute atomic E-state index is 0.412. The Hall–Kier alpha value is -1.72. The highest BCUT2D eigenvalue weighted by Crippen LogP contribution is 2.18. The first kappa shape index (κ1) is 24.3. The van der Waals surface area contributed by atoms with Crippen LogP contribution in [0.25, 0.3) is 0 Å². The van der Waals surface area contributed by atoms with Gasteiger partial charge in [0.25, 0.3) is 0 Å². The maximum Gasteiger partial charge on any atom is 0.425 e. The number of rotatable bonds is 12. The van der Waals surface area contributed by atoms with E-state index in [1.807, 2.05) is 27.7 Å². The Balaban J connectivity index is 4.65. The summed E-state index contributed by atoms with van der Waals surface area (Å²) in [5.74, 6) is -5.08. The van der Waals surface area contributed by atoms with E-state index >= 15 is 0 Å². The molecule has 0 aromatic carbocycles. The fourth-order valence-corrected chi connectivity index (χ4v) is 2.79. The summed E-state index contributed by atoms with van der Waals surface area (Å²) in [4.78, 5) is 47.8. The standard InChI is InChI=1S/C20H34O6/c1-5-9-13-15(11-7-3)17(21)25-19(23)20(24)26-18(22)16(12-8-4)14-10-6-2/h15-16H,5-14H2,1-4H3. The Bertz CT molecular complexity index is 415. The van der Waals surface area contributed by atoms with Crippen molar-refractivity contribution in [1.29, 1.82) is 0 Å². The maximum absolute atomic E-state index is 12.1. The molecule has 0 saturated carbocycles. The number of carbonyl (C=O) groups is 4. The normalized spacial score (nSPS) is 12.9. The van der Waals surface area contributed by atoms with Crippen LogP contribution in [0.4, 0.5) is 0 Å². The molecule has 0 fully saturated rings. The van der Waals surface area contributed by atoms with Gasteiger partial charge in [-0.25, -0.2) is 9.59 Å². The molecule has 6 nitrogen and oxygen atoms in total. The predicted molar refractivity (Wildman–Crippen MR) is 98.0 cm³/mol. The second-order valence-corrected chi connectivity index (χ2v) is 6.67. The first-order valence-electron chi connectivity index (χ1n) is 9.92. The number of esters is 4. The maximum atomic E-state index is 12.1. The SMILES string of the molecule is CCCCC(CCC)C(=O)OC(=O)C(=O)OC(=O)C(CCC)CCCC. The Morgan fingerprint density at radius 3 is 1.19 bits per heavy atom. The molecule has 0 N–H and O–H groups in total. The molecule has 0 amide bonds. The third kappa shape index (κ3) is 9.68. The van der Waals surface area contributed by atoms with Crippen molar-refractivity contribution in [3.63, 3.8) is 0 Å². The summed E-state index contributed by atoms with van der Waals surface area (Å²) in [5.41, 5.74) is 0. The van der Waals surface area contributed by atoms with E-state index in [4.69, 9.17) is 0 Å². The van der Waals surface area contributed by atoms with Crippen molar-refractivity contribution in [2.75, 3.05) is 0 Å². The highest BCUT2D eigenvalue weighted by Gasteiger charge is 2.30. The molecule has 0 aliphatic carbocycles. The lowest BCUT2D eigenvalue weighted by Crippen LogP contribution is -2.31. The Morgan fingerprint density at radius 2 is 0.923 bits per heavy atom. The lowest BCUT2D eigenvalue weighted by molar-refractivity contribution is -0.180. The van der Waals surface area contributed by atoms with Crippen LogP contribution in [0.3, 0.4) is 0 Å². The summed E-state index contributed by atoms with van der Waals surface area (Å²) in [6.07, 6.45) is 7.49. The topological polar surface area (TPSA) is 86.7 Å². The first-order valence-corrected chi connectivity index (χ1v) is 9.92. The summed E-state index contributed by atoms with van der Waals surface area (Å²) >= 11 is 0. The van der Waals surface area contributed by atoms with Gasteiger partial charge in [0.1, 0.15) is 0 Å². The highest BCUT2D eigenvalue weighted by molar-refractivity contribution is 6.33. The minimum Gasteiger partial charge on any atom is -0.384 e. The van der Waals surface area contributed by atoms with Crippen LogP contribution in [0.5, 0.6) is 0 Å². The monoisotopic (exact) mass is 370 g/mol. The molecule has 26 heavy (non-hydrogen) atoms. The molecule has 0 aliphatic heterocycles. The molecule has 0 bridgehead atoms. The van der Waals surface area contributed by atoms with Crippen molar-refractivity contribution in [1.82, 2.24) is 0 Å². The van der Waals surface area contributed by atoms with Crippen LogP contribution in [0, 0.1) is 11.8 Å². The van der Waals surface area contributed by atoms with E-state index < -0.39 is 35.7 Å². The van der Waals surface area contributed by atoms with Gasteiger partial charge in [-0.2, -0.15) is 0 Å². The summed E-state index contributed by atoms with van der Waals surface area (Å²) in [6, 6.07) is 0. The van der Waals surface area contributed by atoms with E-state index in [2.05, 4.69) is 9.47 Å². The zero-order valence-electron chi connectivity index (χ0n) is 16.7. The van der Waals surface area contributed by atoms with Gasteiger partial charge in [0.2, 0.25) is 0 Å². The molecule has 6 heteroatoms. The van der Waals surface area contributed by atoms with Crippen LogP contribution < -0.4 is 0 Å². The lowest BCUT2D eigenvalue weighted by Gasteiger charge is -2.15. The number of unbranched alkanes of at least 4 members (excludes halogenated alkanes) is 2. The molecule has 2 atom stereocenters. The van der Waals surface area contributed by atoms with Crippen molar-refractivity contribution in [3.05, 3.63) is 0 Å². The molecule has 2 unspecified atom stereocenters. The van der Waals surface area contributed by atoms with Gasteiger partial charge in [0.05, 0.1) is 11.8 Å². The van der Waals surface area contributed by atoms with Crippen LogP contribution >= 0.6 is 0 Å². The van der Waals surface area contributed by atoms with Gasteiger partial charge >= 0.3 is 23.9 Å². The molecule has 0 aliphatic rings. The zero-order chi connectivity index (χ0) is 19.9. The summed E-state index contributed by atoms with van der Waals surface area (Å²) in [7, 11) is 0. The van der Waals surface area contributed by atoms with E-state index in [9.17, 15) is 19.2 Å². The largest absolute Gasteiger partial charge is 0.425 e. The predicted octanol–water partition coefficient (Wildman–Crippen LogP) is 4.34. The van der Waals surface area contributed by atoms with Crippen LogP contribution in [0.15, 0.2) is 0 Å². The molecule has 0 radical (unpaired) electrons. The second-order valence-electron chi connectivity index (χ2n) is 6.67. The van der Waals surface area contributed by atoms with Crippen LogP contribution in [-0.2, 0) is 28.7 Å². The third-order valence-corrected chi connectivity index (χ3v) is 4.31. The lowest BCUT2D eigenvalue weighted by atomic mass is 9.97. The van der Waals surface area contributed by atoms with Gasteiger partial charge < -0.3 is 9.47 Å². The summed E-state index contributed by atoms with van der Waals surface area (Å²) < 4.78 is 9.28. The molecular formula is C20H34O6. The van der Waals surface area contributed by atoms with Crippen molar-refractivity contribution < 1.29 is 28.7 Å². The average molecular weight is 370 g/mol. The van der Waals surface area contributed by atoms with Crippen molar-refractivity contribution in [2.45, 2.75) is 91.9 Å². The van der Waals surface area contributed by atoms with Crippen LogP contribution in [0.1, 0.15) is 91.9 Å². The van der Waals surface area contributed by atoms with Gasteiger partial charge in [0.15, 0.2) is 0 Å². The number of carbonyl (C=O) groups excluding carboxylic acids is 4. The minimum atomic E-state index is -1.41. The summed E-state index contributed by atoms with van der Waals surface area (Å²) in [6.45, 7) is 7.89. The van der Waals surface area contributed by atoms with Gasteiger partial charge in [-0.15, -0.1) is 0 Å². The zero-order valence-corrected chi connectivity index (χ0v) is 16.7. The fraction of sp³-hybridized carbons (Fsp3) is 0.800. The first-order chi connectivity index (χ1) is 12.4. The van der Waals surface area contributed by atoms with E-state index in [-0.39, 0.29) is 0 Å². The summed E-state index contributed by atoms with van der Waals surface area (Å²) in [5, 5.41) is 0. The van der Waals surface area contributed by atoms with E-state index in [0.717, 1.165) is 38.5 Å². The molecule has 0 heterocycles. The van der Waals surface area contributed by atoms with E-state index in [1.165, 1.54) is 0 Å². The van der Waals surface area contributed by atoms with Crippen LogP contribution in [-0.4, -0.2) is 23.9 Å². The highest BCUT2D eigenvalue weighted by atomic mass is 16.6. The second kappa shape index (κ2) is 14.4. The van der Waals surface area contributed by atoms with E-state index in [1.54, 1.807) is 0 Å². The van der Waals surface area contributed by atoms with Crippen molar-refractivity contribution in [2.24, 2.45) is 11.8 Å². The number of hydrogen-bond acceptors (Lipinski definition) is 6. The van der Waals surface area contributed by atoms with Crippen molar-refractivity contribution in [3.8, 4) is 0 Å². The Labute approximate surface area is 157 Å². The van der Waals surface area contributed by atoms with Crippen LogP contribution in [0.2, 0.25) is 0 Å². The number of ether oxygens (including phenoxy) is 2. The molecule has 0 saturated heterocycles. The molecule has 150 valence electrons. The molecule has 0 rings (SSSR count). The molecular weight excluding hydrogens is 336 g/mol. The van der Waals surface area contributed by atoms with Crippen molar-refractivity contribution >= 4 is 23.9 Å². The van der Waals surface area contributed by atoms with E-state index in [0.29, 0.717) is 25.7 Å².